The summed E-state index contributed by atoms with van der Waals surface area (Å²) in [4.78, 5) is 0. The van der Waals surface area contributed by atoms with Crippen LogP contribution < -0.4 is 0 Å². The van der Waals surface area contributed by atoms with Crippen LogP contribution >= 0.6 is 0 Å². The molecule has 0 radical (unpaired) electrons. The Morgan fingerprint density at radius 3 is 2.28 bits per heavy atom. The summed E-state index contributed by atoms with van der Waals surface area (Å²) in [6.07, 6.45) is 11.6. The molecular weight excluding hydrogens is 408 g/mol. The van der Waals surface area contributed by atoms with Crippen LogP contribution in [-0.4, -0.2) is 25.6 Å². The Labute approximate surface area is 200 Å². The van der Waals surface area contributed by atoms with E-state index in [4.69, 9.17) is 4.43 Å². The smallest absolute Gasteiger partial charge is 0.192 e. The van der Waals surface area contributed by atoms with Crippen LogP contribution in [0.15, 0.2) is 11.6 Å². The zero-order valence-electron chi connectivity index (χ0n) is 22.8. The molecule has 1 N–H and O–H groups in total. The van der Waals surface area contributed by atoms with E-state index in [-0.39, 0.29) is 22.0 Å². The van der Waals surface area contributed by atoms with Gasteiger partial charge in [-0.15, -0.1) is 0 Å². The summed E-state index contributed by atoms with van der Waals surface area (Å²) in [6.45, 7) is 24.1. The van der Waals surface area contributed by atoms with Crippen molar-refractivity contribution in [2.24, 2.45) is 39.9 Å². The topological polar surface area (TPSA) is 29.5 Å². The molecule has 0 aromatic heterocycles. The molecule has 4 aliphatic rings. The van der Waals surface area contributed by atoms with E-state index in [1.165, 1.54) is 38.5 Å². The van der Waals surface area contributed by atoms with Crippen LogP contribution in [0.25, 0.3) is 0 Å². The third kappa shape index (κ3) is 3.54. The molecule has 4 aliphatic carbocycles. The van der Waals surface area contributed by atoms with Gasteiger partial charge in [-0.2, -0.15) is 0 Å². The number of hydrogen-bond donors (Lipinski definition) is 1. The number of aliphatic hydroxyl groups excluding tert-OH is 1. The van der Waals surface area contributed by atoms with E-state index in [0.29, 0.717) is 17.4 Å². The zero-order valence-corrected chi connectivity index (χ0v) is 23.8. The van der Waals surface area contributed by atoms with E-state index in [0.717, 1.165) is 24.2 Å². The molecule has 0 bridgehead atoms. The van der Waals surface area contributed by atoms with Crippen LogP contribution in [0.3, 0.4) is 0 Å². The van der Waals surface area contributed by atoms with E-state index >= 15 is 0 Å². The van der Waals surface area contributed by atoms with E-state index < -0.39 is 8.32 Å². The molecule has 0 spiro atoms. The first kappa shape index (κ1) is 25.0. The van der Waals surface area contributed by atoms with Crippen LogP contribution in [0, 0.1) is 39.9 Å². The highest BCUT2D eigenvalue weighted by Crippen LogP contribution is 2.68. The van der Waals surface area contributed by atoms with Crippen molar-refractivity contribution in [1.82, 2.24) is 0 Å². The maximum absolute atomic E-state index is 10.8. The highest BCUT2D eigenvalue weighted by atomic mass is 28.4. The van der Waals surface area contributed by atoms with Crippen molar-refractivity contribution in [3.8, 4) is 0 Å². The van der Waals surface area contributed by atoms with Gasteiger partial charge in [0, 0.05) is 11.5 Å². The maximum Gasteiger partial charge on any atom is 0.192 e. The Morgan fingerprint density at radius 2 is 1.66 bits per heavy atom. The second-order valence-electron chi connectivity index (χ2n) is 14.7. The molecule has 0 aliphatic heterocycles. The van der Waals surface area contributed by atoms with Crippen LogP contribution in [0.2, 0.25) is 18.1 Å². The first-order valence-electron chi connectivity index (χ1n) is 13.6. The second-order valence-corrected chi connectivity index (χ2v) is 19.5. The quantitative estimate of drug-likeness (QED) is 0.342. The molecule has 3 saturated carbocycles. The molecule has 8 atom stereocenters. The van der Waals surface area contributed by atoms with Gasteiger partial charge in [0.15, 0.2) is 8.32 Å². The van der Waals surface area contributed by atoms with Gasteiger partial charge in [-0.25, -0.2) is 0 Å². The Hall–Kier alpha value is -0.123. The molecule has 2 nitrogen and oxygen atoms in total. The fraction of sp³-hybridized carbons (Fsp3) is 0.931. The van der Waals surface area contributed by atoms with Crippen LogP contribution in [0.1, 0.15) is 100 Å². The maximum atomic E-state index is 10.8. The zero-order chi connectivity index (χ0) is 23.9. The minimum Gasteiger partial charge on any atom is -0.414 e. The Morgan fingerprint density at radius 1 is 1.00 bits per heavy atom. The van der Waals surface area contributed by atoms with Crippen molar-refractivity contribution < 1.29 is 9.53 Å². The van der Waals surface area contributed by atoms with E-state index in [2.05, 4.69) is 74.6 Å². The molecule has 3 heteroatoms. The Balaban J connectivity index is 1.58. The van der Waals surface area contributed by atoms with Gasteiger partial charge in [0.2, 0.25) is 0 Å². The van der Waals surface area contributed by atoms with E-state index in [9.17, 15) is 5.11 Å². The van der Waals surface area contributed by atoms with Crippen molar-refractivity contribution in [2.45, 2.75) is 131 Å². The second kappa shape index (κ2) is 7.69. The predicted molar refractivity (Wildman–Crippen MR) is 138 cm³/mol. The average molecular weight is 461 g/mol. The summed E-state index contributed by atoms with van der Waals surface area (Å²) in [7, 11) is -1.75. The SMILES string of the molecule is C[C@H](O[Si](C)(C)C(C)(C)C)[C@H]1CC[C@H]2[C@@H]3CC=C4C(C)(C)[C@@H](O)CC[C@@]4(C)[C@H]3CC[C@]12C. The lowest BCUT2D eigenvalue weighted by Gasteiger charge is -2.61. The number of hydrogen-bond acceptors (Lipinski definition) is 2. The van der Waals surface area contributed by atoms with Crippen molar-refractivity contribution >= 4 is 8.32 Å². The minimum atomic E-state index is -1.75. The van der Waals surface area contributed by atoms with E-state index in [1.807, 2.05) is 0 Å². The third-order valence-electron chi connectivity index (χ3n) is 11.9. The van der Waals surface area contributed by atoms with Gasteiger partial charge in [0.25, 0.3) is 0 Å². The van der Waals surface area contributed by atoms with Gasteiger partial charge in [0.05, 0.1) is 6.10 Å². The van der Waals surface area contributed by atoms with E-state index in [1.54, 1.807) is 5.57 Å². The molecule has 184 valence electrons. The van der Waals surface area contributed by atoms with Gasteiger partial charge >= 0.3 is 0 Å². The molecule has 0 unspecified atom stereocenters. The van der Waals surface area contributed by atoms with Gasteiger partial charge in [-0.05, 0) is 105 Å². The first-order valence-corrected chi connectivity index (χ1v) is 16.5. The summed E-state index contributed by atoms with van der Waals surface area (Å²) >= 11 is 0. The Kier molecular flexibility index (Phi) is 6.00. The highest BCUT2D eigenvalue weighted by Gasteiger charge is 2.61. The van der Waals surface area contributed by atoms with Gasteiger partial charge < -0.3 is 9.53 Å². The van der Waals surface area contributed by atoms with Crippen LogP contribution in [0.5, 0.6) is 0 Å². The lowest BCUT2D eigenvalue weighted by molar-refractivity contribution is -0.0832. The lowest BCUT2D eigenvalue weighted by Crippen LogP contribution is -2.55. The molecule has 0 amide bonds. The molecule has 0 aromatic rings. The minimum absolute atomic E-state index is 0.0670. The normalized spacial score (nSPS) is 44.8. The first-order chi connectivity index (χ1) is 14.6. The van der Waals surface area contributed by atoms with Gasteiger partial charge in [-0.1, -0.05) is 60.1 Å². The predicted octanol–water partition coefficient (Wildman–Crippen LogP) is 7.97. The number of allylic oxidation sites excluding steroid dienone is 1. The molecule has 3 fully saturated rings. The standard InChI is InChI=1S/C29H52O2Si/c1-19(31-32(9,10)26(2,3)4)21-12-13-22-20-11-14-24-27(5,6)25(30)16-18-29(24,8)23(20)15-17-28(21,22)7/h14,19-23,25,30H,11-13,15-18H2,1-10H3/t19-,20-,21+,22-,23-,25-,28+,29-/m0/s1. The molecule has 4 rings (SSSR count). The van der Waals surface area contributed by atoms with Gasteiger partial charge in [-0.3, -0.25) is 0 Å². The van der Waals surface area contributed by atoms with Gasteiger partial charge in [0.1, 0.15) is 0 Å². The molecular formula is C29H52O2Si. The highest BCUT2D eigenvalue weighted by molar-refractivity contribution is 6.74. The fourth-order valence-electron chi connectivity index (χ4n) is 8.93. The average Bonchev–Trinajstić information content (AvgIpc) is 3.01. The fourth-order valence-corrected chi connectivity index (χ4v) is 10.4. The number of rotatable bonds is 3. The molecule has 0 saturated heterocycles. The Bertz CT molecular complexity index is 762. The van der Waals surface area contributed by atoms with Crippen LogP contribution in [0.4, 0.5) is 0 Å². The van der Waals surface area contributed by atoms with Crippen molar-refractivity contribution in [1.29, 1.82) is 0 Å². The molecule has 32 heavy (non-hydrogen) atoms. The summed E-state index contributed by atoms with van der Waals surface area (Å²) in [6, 6.07) is 0. The van der Waals surface area contributed by atoms with Crippen molar-refractivity contribution in [3.63, 3.8) is 0 Å². The summed E-state index contributed by atoms with van der Waals surface area (Å²) in [5, 5.41) is 11.0. The van der Waals surface area contributed by atoms with Crippen LogP contribution in [-0.2, 0) is 4.43 Å². The number of fused-ring (bicyclic) bond motifs is 5. The summed E-state index contributed by atoms with van der Waals surface area (Å²) < 4.78 is 6.98. The number of aliphatic hydroxyl groups is 1. The van der Waals surface area contributed by atoms with Crippen molar-refractivity contribution in [2.75, 3.05) is 0 Å². The monoisotopic (exact) mass is 460 g/mol. The molecule has 0 aromatic carbocycles. The summed E-state index contributed by atoms with van der Waals surface area (Å²) in [5.74, 6) is 3.15. The summed E-state index contributed by atoms with van der Waals surface area (Å²) in [5.41, 5.74) is 2.23. The third-order valence-corrected chi connectivity index (χ3v) is 16.4. The largest absolute Gasteiger partial charge is 0.414 e. The molecule has 0 heterocycles. The van der Waals surface area contributed by atoms with Crippen molar-refractivity contribution in [3.05, 3.63) is 11.6 Å². The lowest BCUT2D eigenvalue weighted by atomic mass is 9.44.